The quantitative estimate of drug-likeness (QED) is 0.836. The summed E-state index contributed by atoms with van der Waals surface area (Å²) >= 11 is 0. The van der Waals surface area contributed by atoms with Crippen molar-refractivity contribution in [2.75, 3.05) is 31.7 Å². The van der Waals surface area contributed by atoms with Gasteiger partial charge in [-0.2, -0.15) is 13.2 Å². The molecule has 20 heavy (non-hydrogen) atoms. The van der Waals surface area contributed by atoms with Crippen LogP contribution >= 0.6 is 0 Å². The van der Waals surface area contributed by atoms with Crippen molar-refractivity contribution in [1.29, 1.82) is 0 Å². The van der Waals surface area contributed by atoms with E-state index in [0.717, 1.165) is 25.3 Å². The fraction of sp³-hybridized carbons (Fsp3) is 0.571. The summed E-state index contributed by atoms with van der Waals surface area (Å²) in [7, 11) is 4.01. The average molecular weight is 287 g/mol. The number of hydrogen-bond donors (Lipinski definition) is 2. The fourth-order valence-corrected chi connectivity index (χ4v) is 2.55. The second kappa shape index (κ2) is 5.16. The third-order valence-corrected chi connectivity index (χ3v) is 4.21. The van der Waals surface area contributed by atoms with Crippen LogP contribution in [0.5, 0.6) is 0 Å². The van der Waals surface area contributed by atoms with Crippen LogP contribution in [0, 0.1) is 0 Å². The largest absolute Gasteiger partial charge is 0.418 e. The van der Waals surface area contributed by atoms with Gasteiger partial charge in [-0.3, -0.25) is 0 Å². The van der Waals surface area contributed by atoms with Crippen LogP contribution in [0.3, 0.4) is 0 Å². The molecule has 3 nitrogen and oxygen atoms in total. The molecule has 6 heteroatoms. The van der Waals surface area contributed by atoms with Gasteiger partial charge in [0, 0.05) is 23.5 Å². The summed E-state index contributed by atoms with van der Waals surface area (Å²) in [5, 5.41) is 3.11. The first-order valence-corrected chi connectivity index (χ1v) is 6.63. The van der Waals surface area contributed by atoms with Gasteiger partial charge in [0.1, 0.15) is 0 Å². The first kappa shape index (κ1) is 15.0. The van der Waals surface area contributed by atoms with Gasteiger partial charge in [-0.15, -0.1) is 0 Å². The molecule has 2 rings (SSSR count). The SMILES string of the molecule is CN(C)C1(CNc2ccc(N)c(C(F)(F)F)c2)CCC1. The molecule has 1 aromatic carbocycles. The summed E-state index contributed by atoms with van der Waals surface area (Å²) in [6.07, 6.45) is -1.13. The highest BCUT2D eigenvalue weighted by Gasteiger charge is 2.39. The second-order valence-corrected chi connectivity index (χ2v) is 5.63. The summed E-state index contributed by atoms with van der Waals surface area (Å²) < 4.78 is 38.4. The molecule has 0 aliphatic heterocycles. The number of rotatable bonds is 4. The molecule has 0 atom stereocenters. The predicted molar refractivity (Wildman–Crippen MR) is 74.6 cm³/mol. The van der Waals surface area contributed by atoms with Gasteiger partial charge in [0.25, 0.3) is 0 Å². The van der Waals surface area contributed by atoms with Gasteiger partial charge in [-0.1, -0.05) is 0 Å². The number of hydrogen-bond acceptors (Lipinski definition) is 3. The molecule has 0 amide bonds. The zero-order valence-electron chi connectivity index (χ0n) is 11.7. The van der Waals surface area contributed by atoms with E-state index in [4.69, 9.17) is 5.73 Å². The lowest BCUT2D eigenvalue weighted by atomic mass is 9.75. The molecule has 1 fully saturated rings. The van der Waals surface area contributed by atoms with Gasteiger partial charge in [-0.25, -0.2) is 0 Å². The molecular weight excluding hydrogens is 267 g/mol. The number of nitrogens with zero attached hydrogens (tertiary/aromatic N) is 1. The molecule has 0 unspecified atom stereocenters. The molecular formula is C14H20F3N3. The van der Waals surface area contributed by atoms with Gasteiger partial charge in [0.15, 0.2) is 0 Å². The number of anilines is 2. The molecule has 1 aliphatic rings. The minimum atomic E-state index is -4.42. The van der Waals surface area contributed by atoms with Gasteiger partial charge in [0.05, 0.1) is 5.56 Å². The van der Waals surface area contributed by atoms with Crippen molar-refractivity contribution >= 4 is 11.4 Å². The maximum Gasteiger partial charge on any atom is 0.418 e. The van der Waals surface area contributed by atoms with Crippen molar-refractivity contribution in [3.63, 3.8) is 0 Å². The Bertz CT molecular complexity index is 479. The van der Waals surface area contributed by atoms with Crippen molar-refractivity contribution in [2.45, 2.75) is 31.0 Å². The Morgan fingerprint density at radius 3 is 2.40 bits per heavy atom. The van der Waals surface area contributed by atoms with E-state index >= 15 is 0 Å². The minimum absolute atomic E-state index is 0.0553. The third-order valence-electron chi connectivity index (χ3n) is 4.21. The van der Waals surface area contributed by atoms with Crippen molar-refractivity contribution in [3.8, 4) is 0 Å². The van der Waals surface area contributed by atoms with E-state index < -0.39 is 11.7 Å². The van der Waals surface area contributed by atoms with Crippen molar-refractivity contribution < 1.29 is 13.2 Å². The number of nitrogens with one attached hydrogen (secondary N) is 1. The number of nitrogen functional groups attached to an aromatic ring is 1. The molecule has 1 aromatic rings. The maximum absolute atomic E-state index is 12.8. The maximum atomic E-state index is 12.8. The summed E-state index contributed by atoms with van der Waals surface area (Å²) in [5.74, 6) is 0. The van der Waals surface area contributed by atoms with E-state index in [0.29, 0.717) is 12.2 Å². The van der Waals surface area contributed by atoms with Gasteiger partial charge in [0.2, 0.25) is 0 Å². The smallest absolute Gasteiger partial charge is 0.398 e. The van der Waals surface area contributed by atoms with Gasteiger partial charge >= 0.3 is 6.18 Å². The van der Waals surface area contributed by atoms with E-state index in [1.165, 1.54) is 6.07 Å². The molecule has 0 aromatic heterocycles. The average Bonchev–Trinajstić information content (AvgIpc) is 2.27. The van der Waals surface area contributed by atoms with Crippen LogP contribution in [0.1, 0.15) is 24.8 Å². The van der Waals surface area contributed by atoms with Gasteiger partial charge < -0.3 is 16.0 Å². The highest BCUT2D eigenvalue weighted by Crippen LogP contribution is 2.38. The summed E-state index contributed by atoms with van der Waals surface area (Å²) in [5.41, 5.74) is 4.88. The Labute approximate surface area is 116 Å². The van der Waals surface area contributed by atoms with Crippen LogP contribution in [-0.2, 0) is 6.18 Å². The Kier molecular flexibility index (Phi) is 3.86. The number of benzene rings is 1. The van der Waals surface area contributed by atoms with Crippen molar-refractivity contribution in [1.82, 2.24) is 4.90 Å². The normalized spacial score (nSPS) is 17.9. The highest BCUT2D eigenvalue weighted by molar-refractivity contribution is 5.58. The molecule has 112 valence electrons. The lowest BCUT2D eigenvalue weighted by Gasteiger charge is -2.47. The molecule has 0 heterocycles. The Balaban J connectivity index is 2.11. The monoisotopic (exact) mass is 287 g/mol. The van der Waals surface area contributed by atoms with E-state index in [1.54, 1.807) is 6.07 Å². The molecule has 0 radical (unpaired) electrons. The molecule has 1 aliphatic carbocycles. The standard InChI is InChI=1S/C14H20F3N3/c1-20(2)13(6-3-7-13)9-19-10-4-5-12(18)11(8-10)14(15,16)17/h4-5,8,19H,3,6-7,9,18H2,1-2H3. The van der Waals surface area contributed by atoms with Crippen molar-refractivity contribution in [2.24, 2.45) is 0 Å². The number of likely N-dealkylation sites (N-methyl/N-ethyl adjacent to an activating group) is 1. The molecule has 0 saturated heterocycles. The van der Waals surface area contributed by atoms with Crippen LogP contribution in [0.15, 0.2) is 18.2 Å². The summed E-state index contributed by atoms with van der Waals surface area (Å²) in [6.45, 7) is 0.640. The summed E-state index contributed by atoms with van der Waals surface area (Å²) in [4.78, 5) is 2.14. The van der Waals surface area contributed by atoms with Crippen LogP contribution in [-0.4, -0.2) is 31.1 Å². The number of halogens is 3. The van der Waals surface area contributed by atoms with Crippen LogP contribution in [0.25, 0.3) is 0 Å². The fourth-order valence-electron chi connectivity index (χ4n) is 2.55. The van der Waals surface area contributed by atoms with E-state index in [-0.39, 0.29) is 11.2 Å². The van der Waals surface area contributed by atoms with Crippen LogP contribution in [0.4, 0.5) is 24.5 Å². The minimum Gasteiger partial charge on any atom is -0.398 e. The molecule has 3 N–H and O–H groups in total. The number of alkyl halides is 3. The Morgan fingerprint density at radius 2 is 1.95 bits per heavy atom. The lowest BCUT2D eigenvalue weighted by Crippen LogP contribution is -2.54. The van der Waals surface area contributed by atoms with Crippen LogP contribution in [0.2, 0.25) is 0 Å². The Morgan fingerprint density at radius 1 is 1.30 bits per heavy atom. The lowest BCUT2D eigenvalue weighted by molar-refractivity contribution is -0.136. The highest BCUT2D eigenvalue weighted by atomic mass is 19.4. The zero-order chi connectivity index (χ0) is 15.0. The van der Waals surface area contributed by atoms with E-state index in [2.05, 4.69) is 10.2 Å². The van der Waals surface area contributed by atoms with Crippen molar-refractivity contribution in [3.05, 3.63) is 23.8 Å². The van der Waals surface area contributed by atoms with Gasteiger partial charge in [-0.05, 0) is 51.6 Å². The van der Waals surface area contributed by atoms with E-state index in [1.807, 2.05) is 14.1 Å². The third kappa shape index (κ3) is 2.85. The Hall–Kier alpha value is -1.43. The number of nitrogens with two attached hydrogens (primary N) is 1. The molecule has 0 bridgehead atoms. The first-order chi connectivity index (χ1) is 9.24. The second-order valence-electron chi connectivity index (χ2n) is 5.63. The summed E-state index contributed by atoms with van der Waals surface area (Å²) in [6, 6.07) is 3.97. The molecule has 0 spiro atoms. The topological polar surface area (TPSA) is 41.3 Å². The zero-order valence-corrected chi connectivity index (χ0v) is 11.7. The van der Waals surface area contributed by atoms with Crippen LogP contribution < -0.4 is 11.1 Å². The molecule has 1 saturated carbocycles. The predicted octanol–water partition coefficient (Wildman–Crippen LogP) is 3.18. The first-order valence-electron chi connectivity index (χ1n) is 6.63. The van der Waals surface area contributed by atoms with E-state index in [9.17, 15) is 13.2 Å².